The van der Waals surface area contributed by atoms with Gasteiger partial charge in [-0.2, -0.15) is 0 Å². The molecule has 1 aliphatic rings. The van der Waals surface area contributed by atoms with E-state index >= 15 is 0 Å². The van der Waals surface area contributed by atoms with Crippen molar-refractivity contribution in [2.75, 3.05) is 38.5 Å². The molecule has 190 valence electrons. The minimum absolute atomic E-state index is 0.0260. The van der Waals surface area contributed by atoms with E-state index in [0.717, 1.165) is 17.8 Å². The van der Waals surface area contributed by atoms with E-state index in [2.05, 4.69) is 22.2 Å². The van der Waals surface area contributed by atoms with Crippen molar-refractivity contribution in [2.24, 2.45) is 5.92 Å². The van der Waals surface area contributed by atoms with E-state index in [-0.39, 0.29) is 24.3 Å². The fourth-order valence-corrected chi connectivity index (χ4v) is 5.13. The zero-order chi connectivity index (χ0) is 25.5. The quantitative estimate of drug-likeness (QED) is 0.386. The maximum atomic E-state index is 12.9. The normalized spacial score (nSPS) is 18.4. The van der Waals surface area contributed by atoms with Gasteiger partial charge >= 0.3 is 0 Å². The van der Waals surface area contributed by atoms with Gasteiger partial charge in [0.15, 0.2) is 5.13 Å². The monoisotopic (exact) mass is 527 g/mol. The summed E-state index contributed by atoms with van der Waals surface area (Å²) in [6.07, 6.45) is 8.21. The lowest BCUT2D eigenvalue weighted by atomic mass is 9.85. The van der Waals surface area contributed by atoms with E-state index in [9.17, 15) is 9.59 Å². The number of methoxy groups -OCH3 is 1. The molecule has 4 heterocycles. The second-order valence-electron chi connectivity index (χ2n) is 8.27. The number of thiazole rings is 1. The summed E-state index contributed by atoms with van der Waals surface area (Å²) in [6, 6.07) is 6.72. The van der Waals surface area contributed by atoms with Gasteiger partial charge in [-0.1, -0.05) is 12.1 Å². The summed E-state index contributed by atoms with van der Waals surface area (Å²) in [7, 11) is 1.48. The van der Waals surface area contributed by atoms with Crippen LogP contribution in [0.3, 0.4) is 0 Å². The predicted octanol–water partition coefficient (Wildman–Crippen LogP) is 3.82. The van der Waals surface area contributed by atoms with E-state index in [0.29, 0.717) is 29.6 Å². The summed E-state index contributed by atoms with van der Waals surface area (Å²) in [5.41, 5.74) is 2.85. The number of hydrogen-bond acceptors (Lipinski definition) is 8. The molecule has 0 aliphatic carbocycles. The first-order chi connectivity index (χ1) is 17.5. The fraction of sp³-hybridized carbons (Fsp3) is 0.360. The second kappa shape index (κ2) is 12.3. The number of pyridine rings is 1. The highest BCUT2D eigenvalue weighted by atomic mass is 32.2. The molecule has 0 aromatic carbocycles. The summed E-state index contributed by atoms with van der Waals surface area (Å²) in [5, 5.41) is 7.79. The third-order valence-corrected chi connectivity index (χ3v) is 7.35. The van der Waals surface area contributed by atoms with Gasteiger partial charge in [-0.05, 0) is 36.6 Å². The first kappa shape index (κ1) is 26.1. The van der Waals surface area contributed by atoms with Gasteiger partial charge in [0.1, 0.15) is 11.7 Å². The number of aromatic nitrogens is 3. The SMILES string of the molecule is C=C[C@H]1COCCC1c1cccc(-c2csc(NC(=O)[C@H](COC)NC(=O)c3ccn(SC)c3)n2)n1. The molecule has 1 saturated heterocycles. The van der Waals surface area contributed by atoms with E-state index < -0.39 is 11.9 Å². The third kappa shape index (κ3) is 6.22. The van der Waals surface area contributed by atoms with Crippen molar-refractivity contribution in [2.45, 2.75) is 18.4 Å². The minimum Gasteiger partial charge on any atom is -0.382 e. The van der Waals surface area contributed by atoms with E-state index in [1.54, 1.807) is 22.4 Å². The number of rotatable bonds is 10. The van der Waals surface area contributed by atoms with Gasteiger partial charge in [0.25, 0.3) is 11.8 Å². The molecule has 0 spiro atoms. The van der Waals surface area contributed by atoms with Gasteiger partial charge in [-0.25, -0.2) is 4.98 Å². The van der Waals surface area contributed by atoms with Gasteiger partial charge in [0, 0.05) is 55.3 Å². The predicted molar refractivity (Wildman–Crippen MR) is 142 cm³/mol. The Morgan fingerprint density at radius 1 is 1.36 bits per heavy atom. The highest BCUT2D eigenvalue weighted by molar-refractivity contribution is 7.97. The number of ether oxygens (including phenoxy) is 2. The molecule has 0 bridgehead atoms. The second-order valence-corrected chi connectivity index (χ2v) is 9.91. The average molecular weight is 528 g/mol. The lowest BCUT2D eigenvalue weighted by molar-refractivity contribution is -0.119. The smallest absolute Gasteiger partial charge is 0.253 e. The maximum absolute atomic E-state index is 12.9. The molecule has 2 N–H and O–H groups in total. The molecule has 11 heteroatoms. The van der Waals surface area contributed by atoms with E-state index in [4.69, 9.17) is 14.5 Å². The molecule has 1 fully saturated rings. The van der Waals surface area contributed by atoms with Crippen molar-refractivity contribution in [1.82, 2.24) is 19.3 Å². The highest BCUT2D eigenvalue weighted by Gasteiger charge is 2.27. The highest BCUT2D eigenvalue weighted by Crippen LogP contribution is 2.33. The van der Waals surface area contributed by atoms with Crippen LogP contribution in [0.1, 0.15) is 28.4 Å². The Balaban J connectivity index is 1.43. The van der Waals surface area contributed by atoms with Crippen LogP contribution in [0.15, 0.2) is 54.7 Å². The van der Waals surface area contributed by atoms with Crippen LogP contribution in [0.25, 0.3) is 11.4 Å². The molecule has 36 heavy (non-hydrogen) atoms. The van der Waals surface area contributed by atoms with Crippen LogP contribution < -0.4 is 10.6 Å². The Kier molecular flexibility index (Phi) is 8.92. The molecule has 2 amide bonds. The van der Waals surface area contributed by atoms with Crippen LogP contribution in [-0.2, 0) is 14.3 Å². The Hall–Kier alpha value is -2.99. The molecule has 9 nitrogen and oxygen atoms in total. The van der Waals surface area contributed by atoms with Gasteiger partial charge in [-0.3, -0.25) is 18.5 Å². The topological polar surface area (TPSA) is 107 Å². The molecular formula is C25H29N5O4S2. The van der Waals surface area contributed by atoms with Crippen LogP contribution >= 0.6 is 23.3 Å². The molecule has 1 aliphatic heterocycles. The molecule has 0 saturated carbocycles. The lowest BCUT2D eigenvalue weighted by Crippen LogP contribution is -2.46. The van der Waals surface area contributed by atoms with Crippen LogP contribution in [0, 0.1) is 5.92 Å². The van der Waals surface area contributed by atoms with Gasteiger partial charge in [-0.15, -0.1) is 17.9 Å². The number of hydrogen-bond donors (Lipinski definition) is 2. The molecule has 1 unspecified atom stereocenters. The number of anilines is 1. The first-order valence-corrected chi connectivity index (χ1v) is 13.5. The van der Waals surface area contributed by atoms with Crippen molar-refractivity contribution < 1.29 is 19.1 Å². The first-order valence-electron chi connectivity index (χ1n) is 11.5. The molecule has 4 rings (SSSR count). The minimum atomic E-state index is -0.877. The Morgan fingerprint density at radius 2 is 2.22 bits per heavy atom. The molecule has 3 aromatic rings. The number of carbonyl (C=O) groups excluding carboxylic acids is 2. The summed E-state index contributed by atoms with van der Waals surface area (Å²) >= 11 is 2.76. The van der Waals surface area contributed by atoms with Crippen molar-refractivity contribution in [3.05, 3.63) is 66.0 Å². The number of carbonyl (C=O) groups is 2. The van der Waals surface area contributed by atoms with Crippen molar-refractivity contribution in [3.63, 3.8) is 0 Å². The molecule has 3 aromatic heterocycles. The Morgan fingerprint density at radius 3 is 2.97 bits per heavy atom. The van der Waals surface area contributed by atoms with E-state index in [1.165, 1.54) is 30.4 Å². The fourth-order valence-electron chi connectivity index (χ4n) is 4.02. The van der Waals surface area contributed by atoms with Gasteiger partial charge < -0.3 is 20.1 Å². The molecular weight excluding hydrogens is 498 g/mol. The van der Waals surface area contributed by atoms with Crippen LogP contribution in [0.5, 0.6) is 0 Å². The van der Waals surface area contributed by atoms with Gasteiger partial charge in [0.2, 0.25) is 0 Å². The molecule has 3 atom stereocenters. The number of nitrogens with zero attached hydrogens (tertiary/aromatic N) is 3. The van der Waals surface area contributed by atoms with E-state index in [1.807, 2.05) is 35.9 Å². The Bertz CT molecular complexity index is 1210. The average Bonchev–Trinajstić information content (AvgIpc) is 3.58. The summed E-state index contributed by atoms with van der Waals surface area (Å²) in [4.78, 5) is 34.9. The summed E-state index contributed by atoms with van der Waals surface area (Å²) in [6.45, 7) is 5.32. The van der Waals surface area contributed by atoms with Crippen LogP contribution in [-0.4, -0.2) is 65.0 Å². The van der Waals surface area contributed by atoms with Crippen LogP contribution in [0.2, 0.25) is 0 Å². The van der Waals surface area contributed by atoms with Crippen molar-refractivity contribution in [3.8, 4) is 11.4 Å². The summed E-state index contributed by atoms with van der Waals surface area (Å²) < 4.78 is 12.6. The largest absolute Gasteiger partial charge is 0.382 e. The number of nitrogens with one attached hydrogen (secondary N) is 2. The maximum Gasteiger partial charge on any atom is 0.253 e. The van der Waals surface area contributed by atoms with Crippen molar-refractivity contribution >= 4 is 40.2 Å². The Labute approximate surface area is 218 Å². The third-order valence-electron chi connectivity index (χ3n) is 5.95. The summed E-state index contributed by atoms with van der Waals surface area (Å²) in [5.74, 6) is -0.292. The lowest BCUT2D eigenvalue weighted by Gasteiger charge is -2.29. The van der Waals surface area contributed by atoms with Crippen molar-refractivity contribution in [1.29, 1.82) is 0 Å². The standard InChI is InChI=1S/C25H29N5O4S2/c1-4-16-13-34-11-9-18(16)19-6-5-7-20(26-19)22-15-36-25(28-22)29-24(32)21(14-33-2)27-23(31)17-8-10-30(12-17)35-3/h4-8,10,12,15-16,18,21H,1,9,11,13-14H2,2-3H3,(H,27,31)(H,28,29,32)/t16-,18?,21-/m0/s1. The van der Waals surface area contributed by atoms with Gasteiger partial charge in [0.05, 0.1) is 24.5 Å². The van der Waals surface area contributed by atoms with Crippen LogP contribution in [0.4, 0.5) is 5.13 Å². The molecule has 0 radical (unpaired) electrons. The zero-order valence-electron chi connectivity index (χ0n) is 20.2. The zero-order valence-corrected chi connectivity index (χ0v) is 21.8. The number of amides is 2.